The second-order valence-electron chi connectivity index (χ2n) is 5.53. The van der Waals surface area contributed by atoms with Gasteiger partial charge in [-0.25, -0.2) is 0 Å². The molecule has 0 aromatic rings. The van der Waals surface area contributed by atoms with E-state index in [0.717, 1.165) is 65.2 Å². The average Bonchev–Trinajstić information content (AvgIpc) is 2.66. The van der Waals surface area contributed by atoms with Gasteiger partial charge < -0.3 is 15.5 Å². The molecule has 20 heavy (non-hydrogen) atoms. The number of carbonyl (C=O) groups excluding carboxylic acids is 1. The molecule has 1 aliphatic heterocycles. The van der Waals surface area contributed by atoms with Crippen molar-refractivity contribution in [3.63, 3.8) is 0 Å². The van der Waals surface area contributed by atoms with E-state index in [0.29, 0.717) is 6.54 Å². The zero-order valence-electron chi connectivity index (χ0n) is 13.3. The third kappa shape index (κ3) is 6.20. The molecule has 0 unspecified atom stereocenters. The fourth-order valence-corrected chi connectivity index (χ4v) is 2.75. The summed E-state index contributed by atoms with van der Waals surface area (Å²) in [6, 6.07) is 0. The summed E-state index contributed by atoms with van der Waals surface area (Å²) in [6.45, 7) is 12.5. The third-order valence-corrected chi connectivity index (χ3v) is 4.08. The minimum absolute atomic E-state index is 0.270. The third-order valence-electron chi connectivity index (χ3n) is 4.08. The van der Waals surface area contributed by atoms with Gasteiger partial charge >= 0.3 is 0 Å². The topological polar surface area (TPSA) is 52.8 Å². The highest BCUT2D eigenvalue weighted by molar-refractivity contribution is 5.78. The van der Waals surface area contributed by atoms with E-state index in [1.54, 1.807) is 0 Å². The monoisotopic (exact) mass is 284 g/mol. The summed E-state index contributed by atoms with van der Waals surface area (Å²) >= 11 is 0. The first kappa shape index (κ1) is 17.4. The Kier molecular flexibility index (Phi) is 8.82. The number of likely N-dealkylation sites (N-methyl/N-ethyl adjacent to an activating group) is 1. The van der Waals surface area contributed by atoms with Crippen LogP contribution in [0, 0.1) is 0 Å². The molecule has 1 heterocycles. The van der Waals surface area contributed by atoms with Crippen LogP contribution in [0.15, 0.2) is 0 Å². The van der Waals surface area contributed by atoms with Crippen LogP contribution >= 0.6 is 0 Å². The van der Waals surface area contributed by atoms with Crippen LogP contribution < -0.4 is 5.73 Å². The molecule has 5 nitrogen and oxygen atoms in total. The lowest BCUT2D eigenvalue weighted by atomic mass is 10.3. The van der Waals surface area contributed by atoms with E-state index in [4.69, 9.17) is 5.73 Å². The van der Waals surface area contributed by atoms with Crippen LogP contribution in [0.1, 0.15) is 33.1 Å². The summed E-state index contributed by atoms with van der Waals surface area (Å²) < 4.78 is 0. The normalized spacial score (nSPS) is 17.9. The molecule has 5 heteroatoms. The van der Waals surface area contributed by atoms with Gasteiger partial charge in [0, 0.05) is 26.2 Å². The molecular formula is C15H32N4O. The van der Waals surface area contributed by atoms with Gasteiger partial charge in [0.15, 0.2) is 0 Å². The number of unbranched alkanes of at least 4 members (excludes halogenated alkanes) is 1. The molecule has 2 N–H and O–H groups in total. The first-order valence-corrected chi connectivity index (χ1v) is 8.13. The summed E-state index contributed by atoms with van der Waals surface area (Å²) in [5.41, 5.74) is 5.54. The van der Waals surface area contributed by atoms with Crippen molar-refractivity contribution in [3.8, 4) is 0 Å². The van der Waals surface area contributed by atoms with Gasteiger partial charge in [0.05, 0.1) is 6.54 Å². The smallest absolute Gasteiger partial charge is 0.236 e. The van der Waals surface area contributed by atoms with Gasteiger partial charge in [-0.1, -0.05) is 0 Å². The van der Waals surface area contributed by atoms with Crippen molar-refractivity contribution in [3.05, 3.63) is 0 Å². The molecular weight excluding hydrogens is 252 g/mol. The van der Waals surface area contributed by atoms with Crippen molar-refractivity contribution in [2.75, 3.05) is 58.9 Å². The van der Waals surface area contributed by atoms with E-state index in [2.05, 4.69) is 9.80 Å². The largest absolute Gasteiger partial charge is 0.342 e. The summed E-state index contributed by atoms with van der Waals surface area (Å²) in [5.74, 6) is 0.270. The molecule has 1 rings (SSSR count). The van der Waals surface area contributed by atoms with Crippen molar-refractivity contribution in [1.29, 1.82) is 0 Å². The van der Waals surface area contributed by atoms with Gasteiger partial charge in [0.2, 0.25) is 5.91 Å². The van der Waals surface area contributed by atoms with Crippen LogP contribution in [0.25, 0.3) is 0 Å². The van der Waals surface area contributed by atoms with Crippen molar-refractivity contribution in [1.82, 2.24) is 14.7 Å². The molecule has 0 bridgehead atoms. The maximum atomic E-state index is 12.1. The maximum Gasteiger partial charge on any atom is 0.236 e. The Morgan fingerprint density at radius 3 is 2.35 bits per heavy atom. The highest BCUT2D eigenvalue weighted by Gasteiger charge is 2.18. The predicted octanol–water partition coefficient (Wildman–Crippen LogP) is 0.601. The lowest BCUT2D eigenvalue weighted by Crippen LogP contribution is -2.41. The fourth-order valence-electron chi connectivity index (χ4n) is 2.75. The van der Waals surface area contributed by atoms with E-state index in [1.165, 1.54) is 6.42 Å². The number of carbonyl (C=O) groups is 1. The van der Waals surface area contributed by atoms with Crippen molar-refractivity contribution >= 4 is 5.91 Å². The van der Waals surface area contributed by atoms with Crippen LogP contribution in [0.3, 0.4) is 0 Å². The zero-order chi connectivity index (χ0) is 14.8. The molecule has 118 valence electrons. The molecule has 0 spiro atoms. The van der Waals surface area contributed by atoms with Gasteiger partial charge in [0.25, 0.3) is 0 Å². The van der Waals surface area contributed by atoms with Gasteiger partial charge in [-0.05, 0) is 59.3 Å². The fraction of sp³-hybridized carbons (Fsp3) is 0.933. The van der Waals surface area contributed by atoms with E-state index >= 15 is 0 Å². The Hall–Kier alpha value is -0.650. The molecule has 1 aliphatic rings. The molecule has 0 radical (unpaired) electrons. The number of nitrogens with zero attached hydrogens (tertiary/aromatic N) is 3. The Morgan fingerprint density at radius 2 is 1.70 bits per heavy atom. The predicted molar refractivity (Wildman–Crippen MR) is 83.7 cm³/mol. The van der Waals surface area contributed by atoms with E-state index in [-0.39, 0.29) is 5.91 Å². The number of hydrogen-bond donors (Lipinski definition) is 1. The summed E-state index contributed by atoms with van der Waals surface area (Å²) in [4.78, 5) is 18.9. The van der Waals surface area contributed by atoms with Crippen molar-refractivity contribution < 1.29 is 4.79 Å². The quantitative estimate of drug-likeness (QED) is 0.663. The van der Waals surface area contributed by atoms with Crippen molar-refractivity contribution in [2.24, 2.45) is 5.73 Å². The number of hydrogen-bond acceptors (Lipinski definition) is 4. The molecule has 0 aliphatic carbocycles. The van der Waals surface area contributed by atoms with Gasteiger partial charge in [-0.2, -0.15) is 0 Å². The number of nitrogens with two attached hydrogens (primary N) is 1. The van der Waals surface area contributed by atoms with Crippen LogP contribution in [-0.2, 0) is 4.79 Å². The lowest BCUT2D eigenvalue weighted by molar-refractivity contribution is -0.132. The summed E-state index contributed by atoms with van der Waals surface area (Å²) in [5, 5.41) is 0. The van der Waals surface area contributed by atoms with Crippen LogP contribution in [0.4, 0.5) is 0 Å². The highest BCUT2D eigenvalue weighted by atomic mass is 16.2. The minimum Gasteiger partial charge on any atom is -0.342 e. The van der Waals surface area contributed by atoms with E-state index < -0.39 is 0 Å². The van der Waals surface area contributed by atoms with Crippen molar-refractivity contribution in [2.45, 2.75) is 33.1 Å². The second-order valence-corrected chi connectivity index (χ2v) is 5.53. The molecule has 0 aromatic carbocycles. The van der Waals surface area contributed by atoms with Crippen LogP contribution in [0.2, 0.25) is 0 Å². The minimum atomic E-state index is 0.270. The van der Waals surface area contributed by atoms with Crippen LogP contribution in [0.5, 0.6) is 0 Å². The van der Waals surface area contributed by atoms with Gasteiger partial charge in [-0.15, -0.1) is 0 Å². The molecule has 1 fully saturated rings. The van der Waals surface area contributed by atoms with Crippen LogP contribution in [-0.4, -0.2) is 79.5 Å². The summed E-state index contributed by atoms with van der Waals surface area (Å²) in [7, 11) is 0. The lowest BCUT2D eigenvalue weighted by Gasteiger charge is -2.25. The molecule has 1 saturated heterocycles. The van der Waals surface area contributed by atoms with E-state index in [1.807, 2.05) is 18.7 Å². The molecule has 1 amide bonds. The molecule has 0 saturated carbocycles. The summed E-state index contributed by atoms with van der Waals surface area (Å²) in [6.07, 6.45) is 3.46. The Labute approximate surface area is 124 Å². The molecule has 0 atom stereocenters. The SMILES string of the molecule is CCN(CC)C(=O)CN1CCCN(CCCCN)CC1. The highest BCUT2D eigenvalue weighted by Crippen LogP contribution is 2.05. The average molecular weight is 284 g/mol. The molecule has 0 aromatic heterocycles. The first-order valence-electron chi connectivity index (χ1n) is 8.13. The number of amides is 1. The Balaban J connectivity index is 2.30. The van der Waals surface area contributed by atoms with E-state index in [9.17, 15) is 4.79 Å². The Morgan fingerprint density at radius 1 is 1.05 bits per heavy atom. The maximum absolute atomic E-state index is 12.1. The number of rotatable bonds is 8. The van der Waals surface area contributed by atoms with Gasteiger partial charge in [-0.3, -0.25) is 9.69 Å². The standard InChI is InChI=1S/C15H32N4O/c1-3-19(4-2)15(20)14-18-11-7-10-17(12-13-18)9-6-5-8-16/h3-14,16H2,1-2H3. The van der Waals surface area contributed by atoms with Gasteiger partial charge in [0.1, 0.15) is 0 Å². The zero-order valence-corrected chi connectivity index (χ0v) is 13.3. The Bertz CT molecular complexity index is 269. The first-order chi connectivity index (χ1) is 9.71. The second kappa shape index (κ2) is 10.1.